The van der Waals surface area contributed by atoms with Gasteiger partial charge in [-0.15, -0.1) is 0 Å². The fourth-order valence-corrected chi connectivity index (χ4v) is 5.55. The number of nitrogens with zero attached hydrogens (tertiary/aromatic N) is 2. The molecule has 2 atom stereocenters. The van der Waals surface area contributed by atoms with Crippen molar-refractivity contribution in [2.24, 2.45) is 10.6 Å². The van der Waals surface area contributed by atoms with E-state index < -0.39 is 21.5 Å². The van der Waals surface area contributed by atoms with E-state index in [2.05, 4.69) is 18.1 Å². The van der Waals surface area contributed by atoms with Gasteiger partial charge in [-0.1, -0.05) is 37.6 Å². The van der Waals surface area contributed by atoms with Crippen LogP contribution in [0, 0.1) is 11.2 Å². The average molecular weight is 470 g/mol. The zero-order valence-electron chi connectivity index (χ0n) is 18.7. The van der Waals surface area contributed by atoms with Crippen molar-refractivity contribution in [2.45, 2.75) is 50.5 Å². The SMILES string of the molecule is CCC1=Cc2c(cnn2-c2ccc(F)cc2)CC1(C)[C@@H](O)CCc1ccccc1S(N)(=O)=O. The fourth-order valence-electron chi connectivity index (χ4n) is 4.75. The number of nitrogens with two attached hydrogens (primary N) is 1. The molecule has 0 bridgehead atoms. The normalized spacial score (nSPS) is 19.1. The number of primary sulfonamides is 1. The summed E-state index contributed by atoms with van der Waals surface area (Å²) in [5.74, 6) is -0.302. The molecule has 8 heteroatoms. The maximum absolute atomic E-state index is 13.4. The van der Waals surface area contributed by atoms with Gasteiger partial charge < -0.3 is 5.11 Å². The smallest absolute Gasteiger partial charge is 0.238 e. The topological polar surface area (TPSA) is 98.2 Å². The second kappa shape index (κ2) is 8.85. The zero-order valence-corrected chi connectivity index (χ0v) is 19.5. The highest BCUT2D eigenvalue weighted by molar-refractivity contribution is 7.89. The molecular formula is C25H28FN3O3S. The van der Waals surface area contributed by atoms with Crippen molar-refractivity contribution >= 4 is 16.1 Å². The minimum Gasteiger partial charge on any atom is -0.392 e. The summed E-state index contributed by atoms with van der Waals surface area (Å²) in [6.45, 7) is 4.09. The maximum Gasteiger partial charge on any atom is 0.238 e. The third kappa shape index (κ3) is 4.51. The molecule has 1 heterocycles. The number of aliphatic hydroxyl groups is 1. The summed E-state index contributed by atoms with van der Waals surface area (Å²) in [5, 5.41) is 21.1. The lowest BCUT2D eigenvalue weighted by atomic mass is 9.67. The second-order valence-corrected chi connectivity index (χ2v) is 10.3. The molecule has 33 heavy (non-hydrogen) atoms. The molecule has 0 aliphatic heterocycles. The van der Waals surface area contributed by atoms with Crippen LogP contribution in [0.1, 0.15) is 43.5 Å². The van der Waals surface area contributed by atoms with Crippen molar-refractivity contribution in [1.29, 1.82) is 0 Å². The molecule has 0 spiro atoms. The first-order chi connectivity index (χ1) is 15.6. The fraction of sp³-hybridized carbons (Fsp3) is 0.320. The Hall–Kier alpha value is -2.81. The molecule has 1 aromatic heterocycles. The van der Waals surface area contributed by atoms with Crippen LogP contribution in [-0.4, -0.2) is 29.4 Å². The Morgan fingerprint density at radius 2 is 1.91 bits per heavy atom. The van der Waals surface area contributed by atoms with Crippen LogP contribution in [0.25, 0.3) is 11.8 Å². The minimum atomic E-state index is -3.83. The Balaban J connectivity index is 1.60. The molecule has 0 amide bonds. The largest absolute Gasteiger partial charge is 0.392 e. The number of aliphatic hydroxyl groups excluding tert-OH is 1. The minimum absolute atomic E-state index is 0.0973. The van der Waals surface area contributed by atoms with Gasteiger partial charge in [0, 0.05) is 5.41 Å². The molecule has 174 valence electrons. The molecule has 3 N–H and O–H groups in total. The van der Waals surface area contributed by atoms with E-state index in [1.807, 2.05) is 6.92 Å². The molecular weight excluding hydrogens is 441 g/mol. The van der Waals surface area contributed by atoms with Crippen molar-refractivity contribution in [1.82, 2.24) is 9.78 Å². The van der Waals surface area contributed by atoms with Crippen molar-refractivity contribution in [3.05, 3.63) is 82.9 Å². The van der Waals surface area contributed by atoms with Crippen molar-refractivity contribution in [3.8, 4) is 5.69 Å². The number of sulfonamides is 1. The van der Waals surface area contributed by atoms with Gasteiger partial charge in [-0.3, -0.25) is 0 Å². The highest BCUT2D eigenvalue weighted by atomic mass is 32.2. The van der Waals surface area contributed by atoms with Crippen LogP contribution in [0.3, 0.4) is 0 Å². The lowest BCUT2D eigenvalue weighted by Crippen LogP contribution is -2.38. The summed E-state index contributed by atoms with van der Waals surface area (Å²) in [6, 6.07) is 12.8. The molecule has 6 nitrogen and oxygen atoms in total. The lowest BCUT2D eigenvalue weighted by molar-refractivity contribution is 0.0530. The van der Waals surface area contributed by atoms with E-state index in [0.717, 1.165) is 28.9 Å². The van der Waals surface area contributed by atoms with Crippen LogP contribution in [0.15, 0.2) is 65.2 Å². The van der Waals surface area contributed by atoms with E-state index in [4.69, 9.17) is 5.14 Å². The number of fused-ring (bicyclic) bond motifs is 1. The van der Waals surface area contributed by atoms with Crippen molar-refractivity contribution in [2.75, 3.05) is 0 Å². The highest BCUT2D eigenvalue weighted by Gasteiger charge is 2.40. The summed E-state index contributed by atoms with van der Waals surface area (Å²) in [5.41, 5.74) is 3.88. The van der Waals surface area contributed by atoms with Crippen LogP contribution in [0.5, 0.6) is 0 Å². The van der Waals surface area contributed by atoms with Gasteiger partial charge in [-0.25, -0.2) is 22.6 Å². The van der Waals surface area contributed by atoms with E-state index in [1.54, 1.807) is 41.2 Å². The summed E-state index contributed by atoms with van der Waals surface area (Å²) in [4.78, 5) is 0.0973. The van der Waals surface area contributed by atoms with E-state index >= 15 is 0 Å². The molecule has 4 rings (SSSR count). The Bertz CT molecular complexity index is 1300. The van der Waals surface area contributed by atoms with Crippen molar-refractivity contribution in [3.63, 3.8) is 0 Å². The van der Waals surface area contributed by atoms with Gasteiger partial charge in [-0.2, -0.15) is 5.10 Å². The van der Waals surface area contributed by atoms with Gasteiger partial charge in [0.05, 0.1) is 28.6 Å². The standard InChI is InChI=1S/C25H28FN3O3S/c1-3-19-14-22-18(16-28-29(22)21-11-9-20(26)10-12-21)15-25(19,2)24(30)13-8-17-6-4-5-7-23(17)33(27,31)32/h4-7,9-12,14,16,24,30H,3,8,13,15H2,1-2H3,(H2,27,31,32)/t24-,25?/m0/s1. The first-order valence-corrected chi connectivity index (χ1v) is 12.5. The summed E-state index contributed by atoms with van der Waals surface area (Å²) in [7, 11) is -3.83. The van der Waals surface area contributed by atoms with E-state index in [1.165, 1.54) is 18.2 Å². The Labute approximate surface area is 193 Å². The Kier molecular flexibility index (Phi) is 6.26. The molecule has 0 saturated carbocycles. The number of benzene rings is 2. The number of hydrogen-bond donors (Lipinski definition) is 2. The summed E-state index contributed by atoms with van der Waals surface area (Å²) >= 11 is 0. The molecule has 1 aliphatic rings. The Morgan fingerprint density at radius 3 is 2.58 bits per heavy atom. The first kappa shape index (κ1) is 23.4. The van der Waals surface area contributed by atoms with Gasteiger partial charge in [0.25, 0.3) is 0 Å². The van der Waals surface area contributed by atoms with Crippen molar-refractivity contribution < 1.29 is 17.9 Å². The summed E-state index contributed by atoms with van der Waals surface area (Å²) in [6.07, 6.45) is 5.29. The molecule has 1 aliphatic carbocycles. The van der Waals surface area contributed by atoms with Gasteiger partial charge >= 0.3 is 0 Å². The molecule has 0 radical (unpaired) electrons. The number of aromatic nitrogens is 2. The molecule has 0 saturated heterocycles. The van der Waals surface area contributed by atoms with Gasteiger partial charge in [0.2, 0.25) is 10.0 Å². The molecule has 3 aromatic rings. The van der Waals surface area contributed by atoms with Crippen LogP contribution in [0.2, 0.25) is 0 Å². The summed E-state index contributed by atoms with van der Waals surface area (Å²) < 4.78 is 39.0. The number of hydrogen-bond acceptors (Lipinski definition) is 4. The predicted octanol–water partition coefficient (Wildman–Crippen LogP) is 4.01. The zero-order chi connectivity index (χ0) is 23.8. The molecule has 1 unspecified atom stereocenters. The first-order valence-electron chi connectivity index (χ1n) is 11.0. The van der Waals surface area contributed by atoms with Crippen LogP contribution >= 0.6 is 0 Å². The monoisotopic (exact) mass is 469 g/mol. The maximum atomic E-state index is 13.4. The Morgan fingerprint density at radius 1 is 1.21 bits per heavy atom. The van der Waals surface area contributed by atoms with E-state index in [9.17, 15) is 17.9 Å². The molecule has 2 aromatic carbocycles. The van der Waals surface area contributed by atoms with Crippen LogP contribution in [0.4, 0.5) is 4.39 Å². The number of aryl methyl sites for hydroxylation is 1. The van der Waals surface area contributed by atoms with Gasteiger partial charge in [0.1, 0.15) is 5.82 Å². The second-order valence-electron chi connectivity index (χ2n) is 8.77. The third-order valence-electron chi connectivity index (χ3n) is 6.64. The number of rotatable bonds is 7. The quantitative estimate of drug-likeness (QED) is 0.546. The van der Waals surface area contributed by atoms with Crippen LogP contribution < -0.4 is 5.14 Å². The molecule has 0 fully saturated rings. The average Bonchev–Trinajstić information content (AvgIpc) is 3.19. The van der Waals surface area contributed by atoms with Gasteiger partial charge in [0.15, 0.2) is 0 Å². The van der Waals surface area contributed by atoms with E-state index in [0.29, 0.717) is 24.8 Å². The lowest BCUT2D eigenvalue weighted by Gasteiger charge is -2.39. The third-order valence-corrected chi connectivity index (χ3v) is 7.65. The van der Waals surface area contributed by atoms with Gasteiger partial charge in [-0.05, 0) is 73.2 Å². The number of halogens is 1. The van der Waals surface area contributed by atoms with Crippen LogP contribution in [-0.2, 0) is 22.9 Å². The highest BCUT2D eigenvalue weighted by Crippen LogP contribution is 2.44. The predicted molar refractivity (Wildman–Crippen MR) is 126 cm³/mol. The van der Waals surface area contributed by atoms with E-state index in [-0.39, 0.29) is 10.7 Å².